The molecule has 0 unspecified atom stereocenters. The molecule has 2 aromatic rings. The van der Waals surface area contributed by atoms with Gasteiger partial charge >= 0.3 is 6.03 Å². The van der Waals surface area contributed by atoms with Gasteiger partial charge in [-0.2, -0.15) is 0 Å². The Hall–Kier alpha value is -2.07. The first-order valence-corrected chi connectivity index (χ1v) is 8.60. The molecule has 2 rings (SSSR count). The Labute approximate surface area is 152 Å². The molecule has 0 aliphatic carbocycles. The second-order valence-electron chi connectivity index (χ2n) is 6.55. The molecule has 4 heteroatoms. The first kappa shape index (κ1) is 18.3. The number of amides is 2. The van der Waals surface area contributed by atoms with E-state index in [1.807, 2.05) is 64.1 Å². The number of carbonyl (C=O) groups excluding carboxylic acids is 1. The molecule has 0 radical (unpaired) electrons. The molecule has 3 nitrogen and oxygen atoms in total. The fourth-order valence-corrected chi connectivity index (χ4v) is 3.00. The van der Waals surface area contributed by atoms with Gasteiger partial charge in [0.15, 0.2) is 0 Å². The fraction of sp³-hybridized carbons (Fsp3) is 0.250. The Kier molecular flexibility index (Phi) is 5.50. The molecule has 0 spiro atoms. The summed E-state index contributed by atoms with van der Waals surface area (Å²) < 4.78 is 0.861. The van der Waals surface area contributed by atoms with Gasteiger partial charge in [-0.3, -0.25) is 0 Å². The van der Waals surface area contributed by atoms with E-state index >= 15 is 0 Å². The van der Waals surface area contributed by atoms with E-state index < -0.39 is 5.54 Å². The molecule has 0 bridgehead atoms. The van der Waals surface area contributed by atoms with E-state index in [4.69, 9.17) is 0 Å². The number of allylic oxidation sites excluding steroid dienone is 1. The molecule has 0 fully saturated rings. The van der Waals surface area contributed by atoms with E-state index in [0.29, 0.717) is 0 Å². The maximum Gasteiger partial charge on any atom is 0.319 e. The Morgan fingerprint density at radius 1 is 1.17 bits per heavy atom. The summed E-state index contributed by atoms with van der Waals surface area (Å²) in [6, 6.07) is 13.6. The predicted molar refractivity (Wildman–Crippen MR) is 105 cm³/mol. The summed E-state index contributed by atoms with van der Waals surface area (Å²) >= 11 is 3.47. The highest BCUT2D eigenvalue weighted by Gasteiger charge is 2.23. The molecule has 0 saturated carbocycles. The number of benzene rings is 2. The summed E-state index contributed by atoms with van der Waals surface area (Å²) in [5, 5.41) is 5.91. The molecule has 2 N–H and O–H groups in total. The van der Waals surface area contributed by atoms with Gasteiger partial charge in [0, 0.05) is 4.47 Å². The van der Waals surface area contributed by atoms with E-state index in [1.165, 1.54) is 0 Å². The molecule has 0 saturated heterocycles. The van der Waals surface area contributed by atoms with Crippen LogP contribution in [0.2, 0.25) is 0 Å². The number of carbonyl (C=O) groups is 1. The zero-order valence-corrected chi connectivity index (χ0v) is 16.1. The van der Waals surface area contributed by atoms with Gasteiger partial charge in [-0.1, -0.05) is 36.4 Å². The Bertz CT molecular complexity index is 781. The third-order valence-electron chi connectivity index (χ3n) is 3.88. The van der Waals surface area contributed by atoms with E-state index in [2.05, 4.69) is 39.2 Å². The summed E-state index contributed by atoms with van der Waals surface area (Å²) in [4.78, 5) is 12.4. The zero-order chi connectivity index (χ0) is 17.9. The number of nitrogens with one attached hydrogen (secondary N) is 2. The van der Waals surface area contributed by atoms with E-state index in [9.17, 15) is 4.79 Å². The quantitative estimate of drug-likeness (QED) is 0.679. The largest absolute Gasteiger partial charge is 0.329 e. The number of hydrogen-bond donors (Lipinski definition) is 2. The number of rotatable bonds is 4. The van der Waals surface area contributed by atoms with Gasteiger partial charge in [-0.25, -0.2) is 4.79 Å². The van der Waals surface area contributed by atoms with Crippen LogP contribution in [0.15, 0.2) is 53.5 Å². The standard InChI is InChI=1S/C20H23BrN2O/c1-13(2)15-7-6-8-16(12-15)20(4,5)23-19(24)22-18-10-9-14(3)11-17(18)21/h6-12H,1H2,2-5H3,(H2,22,23,24). The third kappa shape index (κ3) is 4.48. The van der Waals surface area contributed by atoms with Crippen molar-refractivity contribution in [2.24, 2.45) is 0 Å². The Morgan fingerprint density at radius 2 is 1.88 bits per heavy atom. The van der Waals surface area contributed by atoms with Crippen LogP contribution >= 0.6 is 15.9 Å². The molecule has 0 atom stereocenters. The molecule has 0 aromatic heterocycles. The zero-order valence-electron chi connectivity index (χ0n) is 14.5. The minimum Gasteiger partial charge on any atom is -0.329 e. The first-order valence-electron chi connectivity index (χ1n) is 7.81. The first-order chi connectivity index (χ1) is 11.2. The molecule has 0 heterocycles. The van der Waals surface area contributed by atoms with Gasteiger partial charge in [0.1, 0.15) is 0 Å². The van der Waals surface area contributed by atoms with Crippen LogP contribution in [0.3, 0.4) is 0 Å². The number of anilines is 1. The molecule has 126 valence electrons. The van der Waals surface area contributed by atoms with Crippen LogP contribution in [0.5, 0.6) is 0 Å². The van der Waals surface area contributed by atoms with Crippen LogP contribution in [0, 0.1) is 6.92 Å². The van der Waals surface area contributed by atoms with Crippen molar-refractivity contribution in [1.82, 2.24) is 5.32 Å². The van der Waals surface area contributed by atoms with Crippen molar-refractivity contribution in [2.45, 2.75) is 33.2 Å². The van der Waals surface area contributed by atoms with Gasteiger partial charge < -0.3 is 10.6 Å². The van der Waals surface area contributed by atoms with Gasteiger partial charge in [-0.15, -0.1) is 0 Å². The maximum absolute atomic E-state index is 12.4. The number of urea groups is 1. The summed E-state index contributed by atoms with van der Waals surface area (Å²) in [7, 11) is 0. The average molecular weight is 387 g/mol. The molecule has 0 aliphatic heterocycles. The van der Waals surface area contributed by atoms with Crippen molar-refractivity contribution < 1.29 is 4.79 Å². The summed E-state index contributed by atoms with van der Waals surface area (Å²) in [5.41, 5.74) is 4.47. The lowest BCUT2D eigenvalue weighted by Gasteiger charge is -2.27. The van der Waals surface area contributed by atoms with Crippen molar-refractivity contribution >= 4 is 33.2 Å². The smallest absolute Gasteiger partial charge is 0.319 e. The number of hydrogen-bond acceptors (Lipinski definition) is 1. The Balaban J connectivity index is 2.14. The third-order valence-corrected chi connectivity index (χ3v) is 4.53. The van der Waals surface area contributed by atoms with Crippen molar-refractivity contribution in [1.29, 1.82) is 0 Å². The van der Waals surface area contributed by atoms with Crippen LogP contribution in [-0.4, -0.2) is 6.03 Å². The van der Waals surface area contributed by atoms with E-state index in [0.717, 1.165) is 32.4 Å². The summed E-state index contributed by atoms with van der Waals surface area (Å²) in [5.74, 6) is 0. The van der Waals surface area contributed by atoms with Gasteiger partial charge in [-0.05, 0) is 78.5 Å². The summed E-state index contributed by atoms with van der Waals surface area (Å²) in [6.07, 6.45) is 0. The predicted octanol–water partition coefficient (Wildman–Crippen LogP) is 5.85. The minimum atomic E-state index is -0.507. The lowest BCUT2D eigenvalue weighted by atomic mass is 9.92. The molecular weight excluding hydrogens is 364 g/mol. The SMILES string of the molecule is C=C(C)c1cccc(C(C)(C)NC(=O)Nc2ccc(C)cc2Br)c1. The fourth-order valence-electron chi connectivity index (χ4n) is 2.40. The highest BCUT2D eigenvalue weighted by atomic mass is 79.9. The topological polar surface area (TPSA) is 41.1 Å². The van der Waals surface area contributed by atoms with Gasteiger partial charge in [0.05, 0.1) is 11.2 Å². The van der Waals surface area contributed by atoms with Crippen LogP contribution in [0.25, 0.3) is 5.57 Å². The van der Waals surface area contributed by atoms with Crippen LogP contribution in [0.1, 0.15) is 37.5 Å². The molecule has 2 amide bonds. The number of halogens is 1. The van der Waals surface area contributed by atoms with Gasteiger partial charge in [0.2, 0.25) is 0 Å². The van der Waals surface area contributed by atoms with Crippen LogP contribution in [0.4, 0.5) is 10.5 Å². The van der Waals surface area contributed by atoms with E-state index in [1.54, 1.807) is 0 Å². The van der Waals surface area contributed by atoms with Crippen molar-refractivity contribution in [3.63, 3.8) is 0 Å². The monoisotopic (exact) mass is 386 g/mol. The van der Waals surface area contributed by atoms with Crippen LogP contribution < -0.4 is 10.6 Å². The van der Waals surface area contributed by atoms with Crippen LogP contribution in [-0.2, 0) is 5.54 Å². The lowest BCUT2D eigenvalue weighted by molar-refractivity contribution is 0.242. The highest BCUT2D eigenvalue weighted by Crippen LogP contribution is 2.25. The second kappa shape index (κ2) is 7.22. The average Bonchev–Trinajstić information content (AvgIpc) is 2.49. The number of aryl methyl sites for hydroxylation is 1. The molecular formula is C20H23BrN2O. The van der Waals surface area contributed by atoms with Crippen molar-refractivity contribution in [3.05, 3.63) is 70.2 Å². The highest BCUT2D eigenvalue weighted by molar-refractivity contribution is 9.10. The van der Waals surface area contributed by atoms with Gasteiger partial charge in [0.25, 0.3) is 0 Å². The molecule has 0 aliphatic rings. The lowest BCUT2D eigenvalue weighted by Crippen LogP contribution is -2.43. The van der Waals surface area contributed by atoms with Crippen molar-refractivity contribution in [2.75, 3.05) is 5.32 Å². The Morgan fingerprint density at radius 3 is 2.50 bits per heavy atom. The minimum absolute atomic E-state index is 0.245. The van der Waals surface area contributed by atoms with E-state index in [-0.39, 0.29) is 6.03 Å². The second-order valence-corrected chi connectivity index (χ2v) is 7.40. The van der Waals surface area contributed by atoms with Crippen molar-refractivity contribution in [3.8, 4) is 0 Å². The normalized spacial score (nSPS) is 11.0. The summed E-state index contributed by atoms with van der Waals surface area (Å²) in [6.45, 7) is 11.9. The molecule has 2 aromatic carbocycles. The molecule has 24 heavy (non-hydrogen) atoms. The maximum atomic E-state index is 12.4.